The van der Waals surface area contributed by atoms with Crippen LogP contribution in [0.15, 0.2) is 0 Å². The molecule has 0 radical (unpaired) electrons. The van der Waals surface area contributed by atoms with Gasteiger partial charge in [0.15, 0.2) is 0 Å². The predicted molar refractivity (Wildman–Crippen MR) is 93.1 cm³/mol. The van der Waals surface area contributed by atoms with E-state index in [1.807, 2.05) is 11.3 Å². The van der Waals surface area contributed by atoms with Crippen molar-refractivity contribution < 1.29 is 0 Å². The Bertz CT molecular complexity index is 426. The van der Waals surface area contributed by atoms with Crippen molar-refractivity contribution >= 4 is 11.3 Å². The third kappa shape index (κ3) is 4.79. The van der Waals surface area contributed by atoms with Crippen LogP contribution in [0.4, 0.5) is 0 Å². The molecule has 120 valence electrons. The molecule has 0 amide bonds. The molecule has 0 unspecified atom stereocenters. The Morgan fingerprint density at radius 1 is 1.19 bits per heavy atom. The van der Waals surface area contributed by atoms with Crippen molar-refractivity contribution in [3.8, 4) is 0 Å². The molecular formula is C18H32N2S. The van der Waals surface area contributed by atoms with Gasteiger partial charge < -0.3 is 5.32 Å². The fourth-order valence-corrected chi connectivity index (χ4v) is 4.42. The first kappa shape index (κ1) is 17.0. The lowest BCUT2D eigenvalue weighted by Crippen LogP contribution is -2.20. The van der Waals surface area contributed by atoms with Crippen molar-refractivity contribution in [2.24, 2.45) is 5.41 Å². The normalized spacial score (nSPS) is 19.0. The summed E-state index contributed by atoms with van der Waals surface area (Å²) < 4.78 is 0. The first-order valence-electron chi connectivity index (χ1n) is 8.75. The van der Waals surface area contributed by atoms with Crippen LogP contribution in [-0.2, 0) is 13.0 Å². The van der Waals surface area contributed by atoms with Gasteiger partial charge in [-0.3, -0.25) is 0 Å². The Morgan fingerprint density at radius 2 is 1.90 bits per heavy atom. The molecular weight excluding hydrogens is 276 g/mol. The van der Waals surface area contributed by atoms with Crippen LogP contribution < -0.4 is 5.32 Å². The molecule has 1 N–H and O–H groups in total. The van der Waals surface area contributed by atoms with Gasteiger partial charge in [0.05, 0.1) is 10.7 Å². The molecule has 2 rings (SSSR count). The summed E-state index contributed by atoms with van der Waals surface area (Å²) in [6.45, 7) is 11.4. The van der Waals surface area contributed by atoms with Gasteiger partial charge in [0.1, 0.15) is 0 Å². The maximum atomic E-state index is 5.03. The lowest BCUT2D eigenvalue weighted by molar-refractivity contribution is 0.224. The first-order chi connectivity index (χ1) is 10.1. The van der Waals surface area contributed by atoms with Gasteiger partial charge >= 0.3 is 0 Å². The summed E-state index contributed by atoms with van der Waals surface area (Å²) in [6, 6.07) is 0. The maximum absolute atomic E-state index is 5.03. The van der Waals surface area contributed by atoms with E-state index in [1.54, 1.807) is 0 Å². The highest BCUT2D eigenvalue weighted by molar-refractivity contribution is 7.11. The van der Waals surface area contributed by atoms with E-state index in [9.17, 15) is 0 Å². The zero-order valence-electron chi connectivity index (χ0n) is 14.3. The van der Waals surface area contributed by atoms with E-state index in [1.165, 1.54) is 54.1 Å². The summed E-state index contributed by atoms with van der Waals surface area (Å²) in [5.41, 5.74) is 1.91. The highest BCUT2D eigenvalue weighted by Crippen LogP contribution is 2.43. The van der Waals surface area contributed by atoms with Crippen LogP contribution in [0, 0.1) is 5.41 Å². The lowest BCUT2D eigenvalue weighted by Gasteiger charge is -2.33. The third-order valence-corrected chi connectivity index (χ3v) is 5.94. The van der Waals surface area contributed by atoms with E-state index in [4.69, 9.17) is 4.98 Å². The topological polar surface area (TPSA) is 24.9 Å². The second-order valence-electron chi connectivity index (χ2n) is 7.29. The Kier molecular flexibility index (Phi) is 6.24. The standard InChI is InChI=1S/C18H32N2S/c1-5-7-15-16(13-19-12-6-2)21-17(20-15)14-8-10-18(3,4)11-9-14/h14,19H,5-13H2,1-4H3. The molecule has 21 heavy (non-hydrogen) atoms. The molecule has 1 aliphatic rings. The SMILES string of the molecule is CCCNCc1sc(C2CCC(C)(C)CC2)nc1CCC. The molecule has 0 aliphatic heterocycles. The summed E-state index contributed by atoms with van der Waals surface area (Å²) in [6.07, 6.45) is 8.89. The predicted octanol–water partition coefficient (Wildman–Crippen LogP) is 5.28. The molecule has 0 saturated heterocycles. The lowest BCUT2D eigenvalue weighted by atomic mass is 9.73. The van der Waals surface area contributed by atoms with Crippen LogP contribution in [-0.4, -0.2) is 11.5 Å². The third-order valence-electron chi connectivity index (χ3n) is 4.68. The van der Waals surface area contributed by atoms with Crippen LogP contribution in [0.2, 0.25) is 0 Å². The van der Waals surface area contributed by atoms with Crippen LogP contribution in [0.25, 0.3) is 0 Å². The van der Waals surface area contributed by atoms with E-state index in [-0.39, 0.29) is 0 Å². The number of thiazole rings is 1. The van der Waals surface area contributed by atoms with Crippen LogP contribution in [0.3, 0.4) is 0 Å². The van der Waals surface area contributed by atoms with Gasteiger partial charge in [-0.05, 0) is 50.5 Å². The number of aromatic nitrogens is 1. The van der Waals surface area contributed by atoms with E-state index in [0.29, 0.717) is 5.41 Å². The second-order valence-corrected chi connectivity index (χ2v) is 8.40. The highest BCUT2D eigenvalue weighted by Gasteiger charge is 2.29. The van der Waals surface area contributed by atoms with E-state index in [0.717, 1.165) is 25.4 Å². The van der Waals surface area contributed by atoms with E-state index >= 15 is 0 Å². The minimum absolute atomic E-state index is 0.547. The summed E-state index contributed by atoms with van der Waals surface area (Å²) in [5, 5.41) is 4.97. The molecule has 0 spiro atoms. The monoisotopic (exact) mass is 308 g/mol. The maximum Gasteiger partial charge on any atom is 0.0962 e. The number of hydrogen-bond donors (Lipinski definition) is 1. The molecule has 2 nitrogen and oxygen atoms in total. The van der Waals surface area contributed by atoms with Crippen molar-refractivity contribution in [3.05, 3.63) is 15.6 Å². The van der Waals surface area contributed by atoms with Crippen molar-refractivity contribution in [1.29, 1.82) is 0 Å². The second kappa shape index (κ2) is 7.73. The molecule has 1 aromatic rings. The molecule has 1 aromatic heterocycles. The average molecular weight is 309 g/mol. The zero-order valence-corrected chi connectivity index (χ0v) is 15.1. The zero-order chi connectivity index (χ0) is 15.3. The fraction of sp³-hybridized carbons (Fsp3) is 0.833. The summed E-state index contributed by atoms with van der Waals surface area (Å²) >= 11 is 1.98. The van der Waals surface area contributed by atoms with Gasteiger partial charge in [-0.2, -0.15) is 0 Å². The van der Waals surface area contributed by atoms with Crippen LogP contribution in [0.5, 0.6) is 0 Å². The summed E-state index contributed by atoms with van der Waals surface area (Å²) in [7, 11) is 0. The van der Waals surface area contributed by atoms with Crippen LogP contribution >= 0.6 is 11.3 Å². The number of aryl methyl sites for hydroxylation is 1. The van der Waals surface area contributed by atoms with Crippen molar-refractivity contribution in [2.75, 3.05) is 6.54 Å². The number of hydrogen-bond acceptors (Lipinski definition) is 3. The summed E-state index contributed by atoms with van der Waals surface area (Å²) in [4.78, 5) is 6.52. The van der Waals surface area contributed by atoms with E-state index in [2.05, 4.69) is 33.0 Å². The first-order valence-corrected chi connectivity index (χ1v) is 9.56. The van der Waals surface area contributed by atoms with Gasteiger partial charge in [0.25, 0.3) is 0 Å². The minimum Gasteiger partial charge on any atom is -0.312 e. The van der Waals surface area contributed by atoms with Gasteiger partial charge in [-0.15, -0.1) is 11.3 Å². The largest absolute Gasteiger partial charge is 0.312 e. The Labute approximate surface area is 134 Å². The van der Waals surface area contributed by atoms with Gasteiger partial charge in [-0.1, -0.05) is 34.1 Å². The Morgan fingerprint density at radius 3 is 2.52 bits per heavy atom. The number of nitrogens with zero attached hydrogens (tertiary/aromatic N) is 1. The minimum atomic E-state index is 0.547. The Hall–Kier alpha value is -0.410. The van der Waals surface area contributed by atoms with Gasteiger partial charge in [0.2, 0.25) is 0 Å². The van der Waals surface area contributed by atoms with Gasteiger partial charge in [0, 0.05) is 17.3 Å². The van der Waals surface area contributed by atoms with Crippen molar-refractivity contribution in [1.82, 2.24) is 10.3 Å². The molecule has 0 bridgehead atoms. The Balaban J connectivity index is 2.04. The molecule has 1 fully saturated rings. The molecule has 1 aliphatic carbocycles. The number of rotatable bonds is 7. The van der Waals surface area contributed by atoms with E-state index < -0.39 is 0 Å². The molecule has 1 heterocycles. The smallest absolute Gasteiger partial charge is 0.0962 e. The molecule has 3 heteroatoms. The molecule has 0 aromatic carbocycles. The van der Waals surface area contributed by atoms with Gasteiger partial charge in [-0.25, -0.2) is 4.98 Å². The number of nitrogens with one attached hydrogen (secondary N) is 1. The molecule has 1 saturated carbocycles. The van der Waals surface area contributed by atoms with Crippen molar-refractivity contribution in [3.63, 3.8) is 0 Å². The average Bonchev–Trinajstić information content (AvgIpc) is 2.83. The fourth-order valence-electron chi connectivity index (χ4n) is 3.17. The van der Waals surface area contributed by atoms with Crippen LogP contribution in [0.1, 0.15) is 87.7 Å². The van der Waals surface area contributed by atoms with Crippen molar-refractivity contribution in [2.45, 2.75) is 85.1 Å². The summed E-state index contributed by atoms with van der Waals surface area (Å²) in [5.74, 6) is 0.721. The quantitative estimate of drug-likeness (QED) is 0.693. The highest BCUT2D eigenvalue weighted by atomic mass is 32.1. The molecule has 0 atom stereocenters.